The molecule has 0 aliphatic rings. The van der Waals surface area contributed by atoms with E-state index in [1.54, 1.807) is 38.5 Å². The second-order valence-corrected chi connectivity index (χ2v) is 6.80. The number of aromatic amines is 1. The number of hydrogen-bond donors (Lipinski definition) is 2. The first-order valence-electron chi connectivity index (χ1n) is 8.86. The number of fused-ring (bicyclic) bond motifs is 1. The van der Waals surface area contributed by atoms with Gasteiger partial charge in [-0.2, -0.15) is 5.10 Å². The lowest BCUT2D eigenvalue weighted by Gasteiger charge is -2.11. The number of nitrogens with zero attached hydrogens (tertiary/aromatic N) is 1. The van der Waals surface area contributed by atoms with Gasteiger partial charge in [-0.1, -0.05) is 23.7 Å². The Morgan fingerprint density at radius 1 is 1.03 bits per heavy atom. The van der Waals surface area contributed by atoms with Crippen LogP contribution in [-0.2, 0) is 0 Å². The highest BCUT2D eigenvalue weighted by molar-refractivity contribution is 6.31. The van der Waals surface area contributed by atoms with E-state index in [0.29, 0.717) is 16.4 Å². The summed E-state index contributed by atoms with van der Waals surface area (Å²) in [5.74, 6) is 1.65. The van der Waals surface area contributed by atoms with Crippen LogP contribution < -0.4 is 14.8 Å². The zero-order valence-corrected chi connectivity index (χ0v) is 16.6. The number of H-pyrrole nitrogens is 1. The SMILES string of the molecule is COc1ccc(OC)c(-c2ccc3c(NC(=O)c4cccc(Cl)c4)n[nH]c3c2)c1. The van der Waals surface area contributed by atoms with Gasteiger partial charge in [0.05, 0.1) is 19.7 Å². The molecule has 7 heteroatoms. The number of hydrogen-bond acceptors (Lipinski definition) is 4. The maximum atomic E-state index is 12.5. The first kappa shape index (κ1) is 18.8. The van der Waals surface area contributed by atoms with Gasteiger partial charge < -0.3 is 14.8 Å². The van der Waals surface area contributed by atoms with Gasteiger partial charge in [-0.3, -0.25) is 9.89 Å². The Labute approximate surface area is 172 Å². The molecule has 29 heavy (non-hydrogen) atoms. The van der Waals surface area contributed by atoms with E-state index in [1.807, 2.05) is 36.4 Å². The molecular formula is C22H18ClN3O3. The number of aromatic nitrogens is 2. The van der Waals surface area contributed by atoms with Gasteiger partial charge >= 0.3 is 0 Å². The van der Waals surface area contributed by atoms with Crippen LogP contribution in [0.4, 0.5) is 5.82 Å². The summed E-state index contributed by atoms with van der Waals surface area (Å²) in [6.07, 6.45) is 0. The molecule has 0 spiro atoms. The van der Waals surface area contributed by atoms with Crippen LogP contribution in [0.2, 0.25) is 5.02 Å². The van der Waals surface area contributed by atoms with E-state index in [1.165, 1.54) is 0 Å². The van der Waals surface area contributed by atoms with Gasteiger partial charge in [0, 0.05) is 21.5 Å². The number of ether oxygens (including phenoxy) is 2. The van der Waals surface area contributed by atoms with E-state index in [4.69, 9.17) is 21.1 Å². The van der Waals surface area contributed by atoms with Crippen molar-refractivity contribution in [1.29, 1.82) is 0 Å². The predicted octanol–water partition coefficient (Wildman–Crippen LogP) is 5.15. The Bertz CT molecular complexity index is 1200. The average Bonchev–Trinajstić information content (AvgIpc) is 3.15. The minimum absolute atomic E-state index is 0.278. The Balaban J connectivity index is 1.67. The third-order valence-corrected chi connectivity index (χ3v) is 4.83. The minimum atomic E-state index is -0.278. The number of amides is 1. The van der Waals surface area contributed by atoms with Crippen molar-refractivity contribution in [3.63, 3.8) is 0 Å². The highest BCUT2D eigenvalue weighted by Crippen LogP contribution is 2.35. The van der Waals surface area contributed by atoms with Crippen LogP contribution in [0, 0.1) is 0 Å². The first-order chi connectivity index (χ1) is 14.1. The summed E-state index contributed by atoms with van der Waals surface area (Å²) in [5.41, 5.74) is 3.08. The Morgan fingerprint density at radius 3 is 2.66 bits per heavy atom. The highest BCUT2D eigenvalue weighted by atomic mass is 35.5. The maximum absolute atomic E-state index is 12.5. The predicted molar refractivity (Wildman–Crippen MR) is 114 cm³/mol. The van der Waals surface area contributed by atoms with Crippen LogP contribution in [0.3, 0.4) is 0 Å². The molecule has 0 saturated heterocycles. The van der Waals surface area contributed by atoms with Crippen LogP contribution in [-0.4, -0.2) is 30.3 Å². The van der Waals surface area contributed by atoms with Crippen molar-refractivity contribution in [3.8, 4) is 22.6 Å². The van der Waals surface area contributed by atoms with Gasteiger partial charge in [-0.25, -0.2) is 0 Å². The second kappa shape index (κ2) is 7.85. The molecule has 0 fully saturated rings. The summed E-state index contributed by atoms with van der Waals surface area (Å²) in [7, 11) is 3.25. The molecule has 3 aromatic carbocycles. The van der Waals surface area contributed by atoms with Gasteiger partial charge in [0.2, 0.25) is 0 Å². The number of nitrogens with one attached hydrogen (secondary N) is 2. The molecule has 146 valence electrons. The molecule has 6 nitrogen and oxygen atoms in total. The largest absolute Gasteiger partial charge is 0.497 e. The summed E-state index contributed by atoms with van der Waals surface area (Å²) in [4.78, 5) is 12.5. The van der Waals surface area contributed by atoms with Gasteiger partial charge in [0.1, 0.15) is 11.5 Å². The first-order valence-corrected chi connectivity index (χ1v) is 9.24. The molecule has 1 aromatic heterocycles. The number of halogens is 1. The van der Waals surface area contributed by atoms with E-state index >= 15 is 0 Å². The lowest BCUT2D eigenvalue weighted by atomic mass is 10.0. The molecule has 0 bridgehead atoms. The number of carbonyl (C=O) groups excluding carboxylic acids is 1. The molecule has 1 heterocycles. The van der Waals surface area contributed by atoms with Gasteiger partial charge in [-0.05, 0) is 54.1 Å². The Kier molecular flexibility index (Phi) is 5.10. The van der Waals surface area contributed by atoms with Crippen LogP contribution in [0.1, 0.15) is 10.4 Å². The van der Waals surface area contributed by atoms with Crippen LogP contribution in [0.15, 0.2) is 60.7 Å². The fraction of sp³-hybridized carbons (Fsp3) is 0.0909. The molecule has 0 aliphatic heterocycles. The van der Waals surface area contributed by atoms with E-state index < -0.39 is 0 Å². The smallest absolute Gasteiger partial charge is 0.256 e. The molecule has 4 aromatic rings. The van der Waals surface area contributed by atoms with Crippen molar-refractivity contribution in [2.75, 3.05) is 19.5 Å². The van der Waals surface area contributed by atoms with Crippen molar-refractivity contribution in [2.24, 2.45) is 0 Å². The summed E-state index contributed by atoms with van der Waals surface area (Å²) in [6, 6.07) is 18.2. The topological polar surface area (TPSA) is 76.2 Å². The molecule has 0 radical (unpaired) electrons. The third-order valence-electron chi connectivity index (χ3n) is 4.60. The van der Waals surface area contributed by atoms with E-state index in [-0.39, 0.29) is 5.91 Å². The van der Waals surface area contributed by atoms with E-state index in [2.05, 4.69) is 15.5 Å². The van der Waals surface area contributed by atoms with Crippen molar-refractivity contribution in [1.82, 2.24) is 10.2 Å². The monoisotopic (exact) mass is 407 g/mol. The van der Waals surface area contributed by atoms with Gasteiger partial charge in [0.25, 0.3) is 5.91 Å². The van der Waals surface area contributed by atoms with Crippen molar-refractivity contribution >= 4 is 34.2 Å². The number of methoxy groups -OCH3 is 2. The Morgan fingerprint density at radius 2 is 1.90 bits per heavy atom. The lowest BCUT2D eigenvalue weighted by molar-refractivity contribution is 0.102. The number of benzene rings is 3. The fourth-order valence-corrected chi connectivity index (χ4v) is 3.32. The molecule has 0 aliphatic carbocycles. The molecule has 0 saturated carbocycles. The molecular weight excluding hydrogens is 390 g/mol. The highest BCUT2D eigenvalue weighted by Gasteiger charge is 2.14. The van der Waals surface area contributed by atoms with Crippen molar-refractivity contribution < 1.29 is 14.3 Å². The third kappa shape index (κ3) is 3.75. The molecule has 0 unspecified atom stereocenters. The second-order valence-electron chi connectivity index (χ2n) is 6.36. The van der Waals surface area contributed by atoms with Crippen LogP contribution in [0.5, 0.6) is 11.5 Å². The zero-order chi connectivity index (χ0) is 20.4. The standard InChI is InChI=1S/C22H18ClN3O3/c1-28-16-7-9-20(29-2)18(12-16)13-6-8-17-19(11-13)25-26-21(17)24-22(27)14-4-3-5-15(23)10-14/h3-12H,1-2H3,(H2,24,25,26,27). The number of anilines is 1. The van der Waals surface area contributed by atoms with Crippen LogP contribution in [0.25, 0.3) is 22.0 Å². The van der Waals surface area contributed by atoms with Crippen LogP contribution >= 0.6 is 11.6 Å². The van der Waals surface area contributed by atoms with Gasteiger partial charge in [0.15, 0.2) is 5.82 Å². The fourth-order valence-electron chi connectivity index (χ4n) is 3.13. The van der Waals surface area contributed by atoms with Crippen molar-refractivity contribution in [2.45, 2.75) is 0 Å². The summed E-state index contributed by atoms with van der Waals surface area (Å²) < 4.78 is 10.8. The average molecular weight is 408 g/mol. The summed E-state index contributed by atoms with van der Waals surface area (Å²) >= 11 is 5.97. The quantitative estimate of drug-likeness (QED) is 0.479. The zero-order valence-electron chi connectivity index (χ0n) is 15.8. The number of rotatable bonds is 5. The van der Waals surface area contributed by atoms with Crippen molar-refractivity contribution in [3.05, 3.63) is 71.2 Å². The molecule has 1 amide bonds. The lowest BCUT2D eigenvalue weighted by Crippen LogP contribution is -2.12. The molecule has 4 rings (SSSR count). The normalized spacial score (nSPS) is 10.7. The summed E-state index contributed by atoms with van der Waals surface area (Å²) in [6.45, 7) is 0. The molecule has 2 N–H and O–H groups in total. The van der Waals surface area contributed by atoms with Gasteiger partial charge in [-0.15, -0.1) is 0 Å². The maximum Gasteiger partial charge on any atom is 0.256 e. The summed E-state index contributed by atoms with van der Waals surface area (Å²) in [5, 5.41) is 11.3. The van der Waals surface area contributed by atoms with E-state index in [9.17, 15) is 4.79 Å². The Hall–Kier alpha value is -3.51. The number of carbonyl (C=O) groups is 1. The molecule has 0 atom stereocenters. The minimum Gasteiger partial charge on any atom is -0.497 e. The van der Waals surface area contributed by atoms with E-state index in [0.717, 1.165) is 33.5 Å².